The summed E-state index contributed by atoms with van der Waals surface area (Å²) in [6, 6.07) is 28.2. The molecule has 0 aliphatic rings. The lowest BCUT2D eigenvalue weighted by atomic mass is 9.92. The number of hydrogen-bond donors (Lipinski definition) is 3. The number of benzene rings is 4. The Hall–Kier alpha value is -4.71. The number of nitrogens with zero attached hydrogens (tertiary/aromatic N) is 1. The summed E-state index contributed by atoms with van der Waals surface area (Å²) in [5, 5.41) is 13.3. The van der Waals surface area contributed by atoms with Crippen LogP contribution in [-0.4, -0.2) is 27.0 Å². The van der Waals surface area contributed by atoms with Gasteiger partial charge in [-0.1, -0.05) is 85.6 Å². The van der Waals surface area contributed by atoms with Crippen molar-refractivity contribution in [1.29, 1.82) is 0 Å². The van der Waals surface area contributed by atoms with E-state index < -0.39 is 5.97 Å². The maximum atomic E-state index is 13.2. The number of fused-ring (bicyclic) bond motifs is 1. The number of carbonyl (C=O) groups is 2. The topological polar surface area (TPSA) is 95.1 Å². The molecule has 4 aromatic carbocycles. The molecule has 0 bridgehead atoms. The highest BCUT2D eigenvalue weighted by Gasteiger charge is 2.21. The normalized spacial score (nSPS) is 11.8. The minimum atomic E-state index is -1.10. The van der Waals surface area contributed by atoms with Gasteiger partial charge in [-0.2, -0.15) is 0 Å². The van der Waals surface area contributed by atoms with Gasteiger partial charge < -0.3 is 15.4 Å². The zero-order valence-corrected chi connectivity index (χ0v) is 21.4. The fourth-order valence-electron chi connectivity index (χ4n) is 4.80. The Morgan fingerprint density at radius 3 is 2.37 bits per heavy atom. The van der Waals surface area contributed by atoms with Gasteiger partial charge in [0.15, 0.2) is 0 Å². The average molecular weight is 504 g/mol. The van der Waals surface area contributed by atoms with E-state index in [4.69, 9.17) is 4.98 Å². The van der Waals surface area contributed by atoms with Gasteiger partial charge in [-0.25, -0.2) is 9.78 Å². The summed E-state index contributed by atoms with van der Waals surface area (Å²) in [7, 11) is 0. The largest absolute Gasteiger partial charge is 0.478 e. The third-order valence-corrected chi connectivity index (χ3v) is 6.71. The highest BCUT2D eigenvalue weighted by atomic mass is 16.4. The second kappa shape index (κ2) is 10.7. The van der Waals surface area contributed by atoms with Gasteiger partial charge in [0.1, 0.15) is 5.82 Å². The molecule has 1 atom stereocenters. The van der Waals surface area contributed by atoms with Crippen molar-refractivity contribution < 1.29 is 14.7 Å². The molecule has 1 amide bonds. The molecule has 190 valence electrons. The van der Waals surface area contributed by atoms with E-state index in [9.17, 15) is 14.7 Å². The number of carbonyl (C=O) groups excluding carboxylic acids is 1. The van der Waals surface area contributed by atoms with Crippen LogP contribution in [0, 0.1) is 6.92 Å². The van der Waals surface area contributed by atoms with Crippen molar-refractivity contribution in [1.82, 2.24) is 15.3 Å². The van der Waals surface area contributed by atoms with Crippen molar-refractivity contribution >= 4 is 22.9 Å². The van der Waals surface area contributed by atoms with Crippen LogP contribution in [-0.2, 0) is 0 Å². The van der Waals surface area contributed by atoms with E-state index in [1.54, 1.807) is 12.1 Å². The first-order valence-electron chi connectivity index (χ1n) is 12.7. The fraction of sp³-hybridized carbons (Fsp3) is 0.156. The van der Waals surface area contributed by atoms with Crippen molar-refractivity contribution in [3.05, 3.63) is 113 Å². The van der Waals surface area contributed by atoms with Crippen LogP contribution < -0.4 is 5.32 Å². The van der Waals surface area contributed by atoms with Crippen LogP contribution >= 0.6 is 0 Å². The fourth-order valence-corrected chi connectivity index (χ4v) is 4.80. The number of aromatic carboxylic acids is 1. The molecule has 0 aliphatic heterocycles. The van der Waals surface area contributed by atoms with Crippen LogP contribution in [0.25, 0.3) is 33.5 Å². The first-order chi connectivity index (χ1) is 18.4. The molecule has 0 fully saturated rings. The van der Waals surface area contributed by atoms with E-state index >= 15 is 0 Å². The molecule has 5 aromatic rings. The van der Waals surface area contributed by atoms with Gasteiger partial charge in [-0.3, -0.25) is 4.79 Å². The lowest BCUT2D eigenvalue weighted by Crippen LogP contribution is -2.28. The van der Waals surface area contributed by atoms with Gasteiger partial charge in [0.2, 0.25) is 0 Å². The molecule has 1 aromatic heterocycles. The van der Waals surface area contributed by atoms with E-state index in [1.807, 2.05) is 79.7 Å². The molecule has 38 heavy (non-hydrogen) atoms. The number of aromatic amines is 1. The van der Waals surface area contributed by atoms with Gasteiger partial charge in [0, 0.05) is 11.1 Å². The molecular formula is C32H29N3O3. The van der Waals surface area contributed by atoms with E-state index in [0.717, 1.165) is 46.1 Å². The van der Waals surface area contributed by atoms with E-state index in [0.29, 0.717) is 17.0 Å². The van der Waals surface area contributed by atoms with E-state index in [2.05, 4.69) is 17.2 Å². The molecule has 0 unspecified atom stereocenters. The Labute approximate surface area is 221 Å². The minimum Gasteiger partial charge on any atom is -0.478 e. The van der Waals surface area contributed by atoms with E-state index in [1.165, 1.54) is 6.07 Å². The third kappa shape index (κ3) is 5.06. The second-order valence-electron chi connectivity index (χ2n) is 9.44. The Bertz CT molecular complexity index is 1590. The predicted octanol–water partition coefficient (Wildman–Crippen LogP) is 7.17. The Balaban J connectivity index is 1.54. The average Bonchev–Trinajstić information content (AvgIpc) is 3.37. The Kier molecular flexibility index (Phi) is 7.05. The summed E-state index contributed by atoms with van der Waals surface area (Å²) in [5.41, 5.74) is 6.17. The van der Waals surface area contributed by atoms with Crippen LogP contribution in [0.15, 0.2) is 91.0 Å². The van der Waals surface area contributed by atoms with Gasteiger partial charge in [-0.15, -0.1) is 0 Å². The summed E-state index contributed by atoms with van der Waals surface area (Å²) < 4.78 is 0. The number of carboxylic acids is 1. The molecule has 0 spiro atoms. The number of para-hydroxylation sites is 2. The van der Waals surface area contributed by atoms with Gasteiger partial charge in [0.25, 0.3) is 5.91 Å². The van der Waals surface area contributed by atoms with Crippen molar-refractivity contribution in [2.24, 2.45) is 0 Å². The first-order valence-corrected chi connectivity index (χ1v) is 12.7. The van der Waals surface area contributed by atoms with E-state index in [-0.39, 0.29) is 17.5 Å². The number of carboxylic acid groups (broad SMARTS) is 1. The zero-order valence-electron chi connectivity index (χ0n) is 21.4. The van der Waals surface area contributed by atoms with Crippen LogP contribution in [0.1, 0.15) is 57.7 Å². The maximum Gasteiger partial charge on any atom is 0.336 e. The number of nitrogens with one attached hydrogen (secondary N) is 2. The number of imidazole rings is 1. The summed E-state index contributed by atoms with van der Waals surface area (Å²) in [5.74, 6) is -0.743. The van der Waals surface area contributed by atoms with Gasteiger partial charge in [-0.05, 0) is 54.3 Å². The molecule has 0 radical (unpaired) electrons. The quantitative estimate of drug-likeness (QED) is 0.209. The second-order valence-corrected chi connectivity index (χ2v) is 9.44. The number of H-pyrrole nitrogens is 1. The monoisotopic (exact) mass is 503 g/mol. The number of amides is 1. The zero-order chi connectivity index (χ0) is 26.6. The lowest BCUT2D eigenvalue weighted by molar-refractivity contribution is 0.0697. The van der Waals surface area contributed by atoms with Gasteiger partial charge in [0.05, 0.1) is 22.6 Å². The highest BCUT2D eigenvalue weighted by Crippen LogP contribution is 2.35. The molecule has 6 heteroatoms. The molecule has 0 saturated carbocycles. The van der Waals surface area contributed by atoms with Gasteiger partial charge >= 0.3 is 5.97 Å². The number of aryl methyl sites for hydroxylation is 1. The molecule has 0 aliphatic carbocycles. The Morgan fingerprint density at radius 2 is 1.63 bits per heavy atom. The van der Waals surface area contributed by atoms with Crippen LogP contribution in [0.3, 0.4) is 0 Å². The predicted molar refractivity (Wildman–Crippen MR) is 150 cm³/mol. The molecule has 0 saturated heterocycles. The summed E-state index contributed by atoms with van der Waals surface area (Å²) in [6.45, 7) is 4.03. The van der Waals surface area contributed by atoms with Crippen LogP contribution in [0.2, 0.25) is 0 Å². The minimum absolute atomic E-state index is 0.0624. The SMILES string of the molecule is CCC[C@@H](NC(=O)c1ccc(-c2cc(C)ccc2-c2nc3ccccc3[nH]2)c(C(=O)O)c1)c1ccccc1. The molecule has 5 rings (SSSR count). The highest BCUT2D eigenvalue weighted by molar-refractivity contribution is 6.03. The van der Waals surface area contributed by atoms with Crippen molar-refractivity contribution in [2.45, 2.75) is 32.7 Å². The molecular weight excluding hydrogens is 474 g/mol. The lowest BCUT2D eigenvalue weighted by Gasteiger charge is -2.19. The van der Waals surface area contributed by atoms with Crippen LogP contribution in [0.5, 0.6) is 0 Å². The number of hydrogen-bond acceptors (Lipinski definition) is 3. The third-order valence-electron chi connectivity index (χ3n) is 6.71. The molecule has 1 heterocycles. The number of aromatic nitrogens is 2. The molecule has 3 N–H and O–H groups in total. The Morgan fingerprint density at radius 1 is 0.895 bits per heavy atom. The summed E-state index contributed by atoms with van der Waals surface area (Å²) in [4.78, 5) is 33.8. The van der Waals surface area contributed by atoms with Crippen molar-refractivity contribution in [3.8, 4) is 22.5 Å². The standard InChI is InChI=1S/C32H29N3O3/c1-3-9-27(21-10-5-4-6-11-21)35-31(36)22-15-17-23(26(19-22)32(37)38)25-18-20(2)14-16-24(25)30-33-28-12-7-8-13-29(28)34-30/h4-8,10-19,27H,3,9H2,1-2H3,(H,33,34)(H,35,36)(H,37,38)/t27-/m1/s1. The van der Waals surface area contributed by atoms with Crippen molar-refractivity contribution in [3.63, 3.8) is 0 Å². The smallest absolute Gasteiger partial charge is 0.336 e. The number of rotatable bonds is 8. The summed E-state index contributed by atoms with van der Waals surface area (Å²) in [6.07, 6.45) is 1.68. The first kappa shape index (κ1) is 25.0. The molecule has 6 nitrogen and oxygen atoms in total. The van der Waals surface area contributed by atoms with Crippen molar-refractivity contribution in [2.75, 3.05) is 0 Å². The summed E-state index contributed by atoms with van der Waals surface area (Å²) >= 11 is 0. The van der Waals surface area contributed by atoms with Crippen LogP contribution in [0.4, 0.5) is 0 Å². The maximum absolute atomic E-state index is 13.2.